The number of aliphatic carboxylic acids is 1. The van der Waals surface area contributed by atoms with Crippen LogP contribution in [0.3, 0.4) is 0 Å². The van der Waals surface area contributed by atoms with Crippen LogP contribution in [-0.4, -0.2) is 11.1 Å². The van der Waals surface area contributed by atoms with Gasteiger partial charge in [-0.05, 0) is 37.5 Å². The molecular formula is C14H26O2. The number of hydrogen-bond acceptors (Lipinski definition) is 1. The molecule has 2 heteroatoms. The lowest BCUT2D eigenvalue weighted by atomic mass is 9.64. The minimum absolute atomic E-state index is 0.261. The Morgan fingerprint density at radius 1 is 1.38 bits per heavy atom. The van der Waals surface area contributed by atoms with Gasteiger partial charge in [-0.3, -0.25) is 4.79 Å². The third-order valence-electron chi connectivity index (χ3n) is 4.49. The number of unbranched alkanes of at least 4 members (excludes halogenated alkanes) is 1. The summed E-state index contributed by atoms with van der Waals surface area (Å²) in [5.41, 5.74) is -0.428. The quantitative estimate of drug-likeness (QED) is 0.766. The second-order valence-corrected chi connectivity index (χ2v) is 5.70. The van der Waals surface area contributed by atoms with Crippen LogP contribution in [0.15, 0.2) is 0 Å². The molecule has 0 atom stereocenters. The topological polar surface area (TPSA) is 37.3 Å². The fourth-order valence-electron chi connectivity index (χ4n) is 3.01. The first-order valence-corrected chi connectivity index (χ1v) is 6.76. The molecule has 0 unspecified atom stereocenters. The molecule has 0 aromatic carbocycles. The van der Waals surface area contributed by atoms with Crippen LogP contribution in [0.4, 0.5) is 0 Å². The van der Waals surface area contributed by atoms with Crippen LogP contribution in [0, 0.1) is 17.3 Å². The van der Waals surface area contributed by atoms with E-state index in [0.717, 1.165) is 31.6 Å². The van der Waals surface area contributed by atoms with Gasteiger partial charge in [0.2, 0.25) is 0 Å². The normalized spacial score (nSPS) is 30.6. The number of hydrogen-bond donors (Lipinski definition) is 1. The number of carboxylic acid groups (broad SMARTS) is 1. The molecule has 0 aromatic heterocycles. The van der Waals surface area contributed by atoms with Gasteiger partial charge in [-0.2, -0.15) is 0 Å². The minimum Gasteiger partial charge on any atom is -0.481 e. The van der Waals surface area contributed by atoms with Crippen molar-refractivity contribution in [1.82, 2.24) is 0 Å². The van der Waals surface area contributed by atoms with Crippen LogP contribution in [-0.2, 0) is 4.79 Å². The minimum atomic E-state index is -0.573. The average Bonchev–Trinajstić information content (AvgIpc) is 2.26. The first-order valence-electron chi connectivity index (χ1n) is 6.76. The molecule has 0 saturated heterocycles. The van der Waals surface area contributed by atoms with Crippen molar-refractivity contribution in [2.24, 2.45) is 17.3 Å². The van der Waals surface area contributed by atoms with Gasteiger partial charge in [-0.25, -0.2) is 0 Å². The number of carbonyl (C=O) groups is 1. The van der Waals surface area contributed by atoms with Crippen molar-refractivity contribution in [3.8, 4) is 0 Å². The Kier molecular flexibility index (Phi) is 4.82. The molecule has 1 fully saturated rings. The maximum absolute atomic E-state index is 11.4. The van der Waals surface area contributed by atoms with Crippen LogP contribution in [0.25, 0.3) is 0 Å². The van der Waals surface area contributed by atoms with Crippen molar-refractivity contribution < 1.29 is 9.90 Å². The molecule has 1 aliphatic rings. The highest BCUT2D eigenvalue weighted by molar-refractivity contribution is 5.75. The van der Waals surface area contributed by atoms with Gasteiger partial charge in [0.15, 0.2) is 0 Å². The van der Waals surface area contributed by atoms with Crippen LogP contribution in [0.2, 0.25) is 0 Å². The molecule has 16 heavy (non-hydrogen) atoms. The predicted octanol–water partition coefficient (Wildman–Crippen LogP) is 4.09. The molecule has 1 saturated carbocycles. The van der Waals surface area contributed by atoms with E-state index in [2.05, 4.69) is 20.8 Å². The zero-order valence-electron chi connectivity index (χ0n) is 11.0. The van der Waals surface area contributed by atoms with Gasteiger partial charge in [-0.1, -0.05) is 40.0 Å². The Labute approximate surface area is 99.4 Å². The van der Waals surface area contributed by atoms with Gasteiger partial charge in [0.25, 0.3) is 0 Å². The van der Waals surface area contributed by atoms with E-state index in [4.69, 9.17) is 0 Å². The molecule has 2 nitrogen and oxygen atoms in total. The first-order chi connectivity index (χ1) is 7.53. The SMILES string of the molecule is CCCCC1CCC(C(=O)O)(C(C)C)CC1. The van der Waals surface area contributed by atoms with E-state index in [-0.39, 0.29) is 5.92 Å². The van der Waals surface area contributed by atoms with Crippen molar-refractivity contribution in [3.05, 3.63) is 0 Å². The summed E-state index contributed by atoms with van der Waals surface area (Å²) >= 11 is 0. The van der Waals surface area contributed by atoms with Crippen LogP contribution in [0.1, 0.15) is 65.7 Å². The Bertz CT molecular complexity index is 225. The molecule has 0 aliphatic heterocycles. The summed E-state index contributed by atoms with van der Waals surface area (Å²) in [6.45, 7) is 6.33. The predicted molar refractivity (Wildman–Crippen MR) is 66.4 cm³/mol. The lowest BCUT2D eigenvalue weighted by Gasteiger charge is -2.39. The van der Waals surface area contributed by atoms with Crippen molar-refractivity contribution in [2.75, 3.05) is 0 Å². The molecule has 0 spiro atoms. The second-order valence-electron chi connectivity index (χ2n) is 5.70. The molecule has 0 amide bonds. The third-order valence-corrected chi connectivity index (χ3v) is 4.49. The molecule has 1 N–H and O–H groups in total. The van der Waals surface area contributed by atoms with Crippen molar-refractivity contribution in [3.63, 3.8) is 0 Å². The van der Waals surface area contributed by atoms with Gasteiger partial charge in [-0.15, -0.1) is 0 Å². The van der Waals surface area contributed by atoms with E-state index in [0.29, 0.717) is 0 Å². The van der Waals surface area contributed by atoms with E-state index in [1.807, 2.05) is 0 Å². The van der Waals surface area contributed by atoms with Gasteiger partial charge < -0.3 is 5.11 Å². The molecular weight excluding hydrogens is 200 g/mol. The molecule has 0 radical (unpaired) electrons. The molecule has 0 bridgehead atoms. The Morgan fingerprint density at radius 2 is 1.94 bits per heavy atom. The van der Waals surface area contributed by atoms with Crippen LogP contribution in [0.5, 0.6) is 0 Å². The molecule has 94 valence electrons. The summed E-state index contributed by atoms with van der Waals surface area (Å²) in [5, 5.41) is 9.42. The first kappa shape index (κ1) is 13.5. The number of carboxylic acids is 1. The summed E-state index contributed by atoms with van der Waals surface area (Å²) in [7, 11) is 0. The number of rotatable bonds is 5. The maximum atomic E-state index is 11.4. The summed E-state index contributed by atoms with van der Waals surface area (Å²) in [6, 6.07) is 0. The Hall–Kier alpha value is -0.530. The Morgan fingerprint density at radius 3 is 2.31 bits per heavy atom. The van der Waals surface area contributed by atoms with E-state index in [1.165, 1.54) is 19.3 Å². The summed E-state index contributed by atoms with van der Waals surface area (Å²) < 4.78 is 0. The zero-order chi connectivity index (χ0) is 12.2. The Balaban J connectivity index is 2.53. The summed E-state index contributed by atoms with van der Waals surface area (Å²) in [5.74, 6) is 0.472. The molecule has 1 aliphatic carbocycles. The zero-order valence-corrected chi connectivity index (χ0v) is 11.0. The van der Waals surface area contributed by atoms with Crippen molar-refractivity contribution in [2.45, 2.75) is 65.7 Å². The van der Waals surface area contributed by atoms with Gasteiger partial charge in [0.05, 0.1) is 5.41 Å². The fourth-order valence-corrected chi connectivity index (χ4v) is 3.01. The van der Waals surface area contributed by atoms with E-state index in [1.54, 1.807) is 0 Å². The van der Waals surface area contributed by atoms with Gasteiger partial charge >= 0.3 is 5.97 Å². The van der Waals surface area contributed by atoms with E-state index in [9.17, 15) is 9.90 Å². The lowest BCUT2D eigenvalue weighted by Crippen LogP contribution is -2.39. The molecule has 1 rings (SSSR count). The largest absolute Gasteiger partial charge is 0.481 e. The third kappa shape index (κ3) is 2.78. The van der Waals surface area contributed by atoms with E-state index >= 15 is 0 Å². The maximum Gasteiger partial charge on any atom is 0.309 e. The summed E-state index contributed by atoms with van der Waals surface area (Å²) in [6.07, 6.45) is 7.85. The second kappa shape index (κ2) is 5.70. The monoisotopic (exact) mass is 226 g/mol. The fraction of sp³-hybridized carbons (Fsp3) is 0.929. The van der Waals surface area contributed by atoms with Crippen molar-refractivity contribution >= 4 is 5.97 Å². The lowest BCUT2D eigenvalue weighted by molar-refractivity contribution is -0.155. The molecule has 0 heterocycles. The summed E-state index contributed by atoms with van der Waals surface area (Å²) in [4.78, 5) is 11.4. The molecule has 0 aromatic rings. The highest BCUT2D eigenvalue weighted by atomic mass is 16.4. The van der Waals surface area contributed by atoms with E-state index < -0.39 is 11.4 Å². The van der Waals surface area contributed by atoms with Gasteiger partial charge in [0, 0.05) is 0 Å². The van der Waals surface area contributed by atoms with Crippen LogP contribution < -0.4 is 0 Å². The smallest absolute Gasteiger partial charge is 0.309 e. The van der Waals surface area contributed by atoms with Gasteiger partial charge in [0.1, 0.15) is 0 Å². The average molecular weight is 226 g/mol. The van der Waals surface area contributed by atoms with Crippen LogP contribution >= 0.6 is 0 Å². The highest BCUT2D eigenvalue weighted by Crippen LogP contribution is 2.45. The highest BCUT2D eigenvalue weighted by Gasteiger charge is 2.44. The standard InChI is InChI=1S/C14H26O2/c1-4-5-6-12-7-9-14(10-8-12,11(2)3)13(15)16/h11-12H,4-10H2,1-3H3,(H,15,16). The van der Waals surface area contributed by atoms with Crippen molar-refractivity contribution in [1.29, 1.82) is 0 Å².